The lowest BCUT2D eigenvalue weighted by Crippen LogP contribution is -2.08. The van der Waals surface area contributed by atoms with E-state index in [1.54, 1.807) is 0 Å². The lowest BCUT2D eigenvalue weighted by Gasteiger charge is -2.11. The molecule has 2 aromatic carbocycles. The lowest BCUT2D eigenvalue weighted by molar-refractivity contribution is 0.104. The van der Waals surface area contributed by atoms with Gasteiger partial charge in [-0.05, 0) is 31.2 Å². The maximum absolute atomic E-state index is 12.7. The van der Waals surface area contributed by atoms with Crippen LogP contribution in [0.25, 0.3) is 0 Å². The molecule has 2 nitrogen and oxygen atoms in total. The van der Waals surface area contributed by atoms with Gasteiger partial charge >= 0.3 is 0 Å². The largest absolute Gasteiger partial charge is 0.382 e. The molecule has 0 spiro atoms. The fourth-order valence-electron chi connectivity index (χ4n) is 1.84. The van der Waals surface area contributed by atoms with Gasteiger partial charge in [0.1, 0.15) is 0 Å². The van der Waals surface area contributed by atoms with E-state index in [1.165, 1.54) is 11.8 Å². The summed E-state index contributed by atoms with van der Waals surface area (Å²) in [6.45, 7) is 2.01. The molecular weight excluding hydrogens is 314 g/mol. The summed E-state index contributed by atoms with van der Waals surface area (Å²) in [5, 5.41) is 0.687. The maximum Gasteiger partial charge on any atom is 0.201 e. The Hall–Kier alpha value is -1.71. The minimum Gasteiger partial charge on any atom is -0.382 e. The molecule has 2 rings (SSSR count). The molecule has 0 aliphatic heterocycles. The zero-order valence-corrected chi connectivity index (χ0v) is 14.4. The van der Waals surface area contributed by atoms with Crippen LogP contribution in [-0.2, 0) is 0 Å². The molecule has 0 heterocycles. The number of allylic oxidation sites excluding steroid dienone is 1. The molecule has 0 saturated carbocycles. The SMILES string of the molecule is Cc1ccc(C(=O)/C(=C\N(C)C)Sc2ccc(Cl)cc2)cc1. The summed E-state index contributed by atoms with van der Waals surface area (Å²) in [5.74, 6) is 0.0219. The van der Waals surface area contributed by atoms with Crippen LogP contribution in [0, 0.1) is 6.92 Å². The summed E-state index contributed by atoms with van der Waals surface area (Å²) >= 11 is 7.35. The Morgan fingerprint density at radius 1 is 1.05 bits per heavy atom. The highest BCUT2D eigenvalue weighted by Gasteiger charge is 2.14. The molecule has 0 N–H and O–H groups in total. The first-order valence-corrected chi connectivity index (χ1v) is 8.08. The molecule has 0 fully saturated rings. The first-order valence-electron chi connectivity index (χ1n) is 6.89. The minimum absolute atomic E-state index is 0.0219. The van der Waals surface area contributed by atoms with Gasteiger partial charge in [0.05, 0.1) is 4.91 Å². The molecule has 0 aliphatic carbocycles. The maximum atomic E-state index is 12.7. The van der Waals surface area contributed by atoms with Crippen LogP contribution in [0.3, 0.4) is 0 Å². The van der Waals surface area contributed by atoms with E-state index in [9.17, 15) is 4.79 Å². The molecule has 0 aliphatic rings. The van der Waals surface area contributed by atoms with Crippen molar-refractivity contribution in [2.45, 2.75) is 11.8 Å². The Balaban J connectivity index is 2.28. The van der Waals surface area contributed by atoms with Gasteiger partial charge in [0.15, 0.2) is 0 Å². The van der Waals surface area contributed by atoms with Crippen molar-refractivity contribution in [1.82, 2.24) is 4.90 Å². The number of halogens is 1. The Morgan fingerprint density at radius 2 is 1.64 bits per heavy atom. The predicted molar refractivity (Wildman–Crippen MR) is 94.6 cm³/mol. The Bertz CT molecular complexity index is 675. The van der Waals surface area contributed by atoms with Crippen molar-refractivity contribution in [2.24, 2.45) is 0 Å². The van der Waals surface area contributed by atoms with Crippen LogP contribution in [0.4, 0.5) is 0 Å². The topological polar surface area (TPSA) is 20.3 Å². The third kappa shape index (κ3) is 4.65. The zero-order valence-electron chi connectivity index (χ0n) is 12.8. The Labute approximate surface area is 140 Å². The average Bonchev–Trinajstić information content (AvgIpc) is 2.48. The highest BCUT2D eigenvalue weighted by atomic mass is 35.5. The summed E-state index contributed by atoms with van der Waals surface area (Å²) in [5.41, 5.74) is 1.83. The highest BCUT2D eigenvalue weighted by molar-refractivity contribution is 8.04. The van der Waals surface area contributed by atoms with E-state index in [2.05, 4.69) is 0 Å². The van der Waals surface area contributed by atoms with Crippen molar-refractivity contribution in [3.8, 4) is 0 Å². The number of benzene rings is 2. The average molecular weight is 332 g/mol. The number of hydrogen-bond donors (Lipinski definition) is 0. The zero-order chi connectivity index (χ0) is 16.1. The summed E-state index contributed by atoms with van der Waals surface area (Å²) in [6, 6.07) is 15.1. The molecule has 0 bridgehead atoms. The second kappa shape index (κ2) is 7.52. The van der Waals surface area contributed by atoms with Crippen LogP contribution >= 0.6 is 23.4 Å². The van der Waals surface area contributed by atoms with E-state index in [4.69, 9.17) is 11.6 Å². The van der Waals surface area contributed by atoms with Gasteiger partial charge in [-0.3, -0.25) is 4.79 Å². The van der Waals surface area contributed by atoms with Crippen molar-refractivity contribution in [1.29, 1.82) is 0 Å². The van der Waals surface area contributed by atoms with Gasteiger partial charge in [-0.1, -0.05) is 53.2 Å². The molecule has 2 aromatic rings. The van der Waals surface area contributed by atoms with Crippen LogP contribution in [0.2, 0.25) is 5.02 Å². The fourth-order valence-corrected chi connectivity index (χ4v) is 2.97. The molecule has 0 radical (unpaired) electrons. The number of carbonyl (C=O) groups is 1. The predicted octanol–water partition coefficient (Wildman–Crippen LogP) is 5.03. The Morgan fingerprint density at radius 3 is 2.18 bits per heavy atom. The van der Waals surface area contributed by atoms with E-state index in [-0.39, 0.29) is 5.78 Å². The smallest absolute Gasteiger partial charge is 0.201 e. The molecule has 114 valence electrons. The molecule has 0 amide bonds. The molecule has 4 heteroatoms. The molecule has 22 heavy (non-hydrogen) atoms. The number of nitrogens with zero attached hydrogens (tertiary/aromatic N) is 1. The van der Waals surface area contributed by atoms with Crippen molar-refractivity contribution < 1.29 is 4.79 Å². The third-order valence-corrected chi connectivity index (χ3v) is 4.23. The fraction of sp³-hybridized carbons (Fsp3) is 0.167. The number of ketones is 1. The normalized spacial score (nSPS) is 11.4. The van der Waals surface area contributed by atoms with Crippen molar-refractivity contribution in [3.05, 3.63) is 75.8 Å². The van der Waals surface area contributed by atoms with Crippen LogP contribution in [0.5, 0.6) is 0 Å². The van der Waals surface area contributed by atoms with Crippen LogP contribution in [0.1, 0.15) is 15.9 Å². The van der Waals surface area contributed by atoms with Crippen molar-refractivity contribution in [2.75, 3.05) is 14.1 Å². The van der Waals surface area contributed by atoms with Crippen LogP contribution < -0.4 is 0 Å². The number of carbonyl (C=O) groups excluding carboxylic acids is 1. The van der Waals surface area contributed by atoms with Gasteiger partial charge in [0.25, 0.3) is 0 Å². The first kappa shape index (κ1) is 16.7. The molecule has 0 aromatic heterocycles. The number of rotatable bonds is 5. The molecule has 0 atom stereocenters. The second-order valence-electron chi connectivity index (χ2n) is 5.21. The van der Waals surface area contributed by atoms with Gasteiger partial charge in [-0.15, -0.1) is 0 Å². The number of aryl methyl sites for hydroxylation is 1. The monoisotopic (exact) mass is 331 g/mol. The van der Waals surface area contributed by atoms with E-state index in [0.29, 0.717) is 15.5 Å². The highest BCUT2D eigenvalue weighted by Crippen LogP contribution is 2.30. The Kier molecular flexibility index (Phi) is 5.69. The van der Waals surface area contributed by atoms with E-state index in [1.807, 2.05) is 80.6 Å². The van der Waals surface area contributed by atoms with Gasteiger partial charge < -0.3 is 4.90 Å². The van der Waals surface area contributed by atoms with Crippen LogP contribution in [0.15, 0.2) is 64.5 Å². The second-order valence-corrected chi connectivity index (χ2v) is 6.76. The molecular formula is C18H18ClNOS. The van der Waals surface area contributed by atoms with E-state index < -0.39 is 0 Å². The van der Waals surface area contributed by atoms with Crippen molar-refractivity contribution in [3.63, 3.8) is 0 Å². The van der Waals surface area contributed by atoms with Gasteiger partial charge in [0, 0.05) is 35.8 Å². The van der Waals surface area contributed by atoms with Crippen molar-refractivity contribution >= 4 is 29.1 Å². The first-order chi connectivity index (χ1) is 10.5. The van der Waals surface area contributed by atoms with Gasteiger partial charge in [0.2, 0.25) is 5.78 Å². The molecule has 0 unspecified atom stereocenters. The lowest BCUT2D eigenvalue weighted by atomic mass is 10.1. The minimum atomic E-state index is 0.0219. The van der Waals surface area contributed by atoms with Gasteiger partial charge in [-0.25, -0.2) is 0 Å². The number of hydrogen-bond acceptors (Lipinski definition) is 3. The van der Waals surface area contributed by atoms with E-state index in [0.717, 1.165) is 10.5 Å². The van der Waals surface area contributed by atoms with E-state index >= 15 is 0 Å². The standard InChI is InChI=1S/C18H18ClNOS/c1-13-4-6-14(7-5-13)18(21)17(12-20(2)3)22-16-10-8-15(19)9-11-16/h4-12H,1-3H3/b17-12+. The molecule has 0 saturated heterocycles. The third-order valence-electron chi connectivity index (χ3n) is 2.95. The summed E-state index contributed by atoms with van der Waals surface area (Å²) in [4.78, 5) is 16.3. The van der Waals surface area contributed by atoms with Gasteiger partial charge in [-0.2, -0.15) is 0 Å². The van der Waals surface area contributed by atoms with Crippen LogP contribution in [-0.4, -0.2) is 24.8 Å². The summed E-state index contributed by atoms with van der Waals surface area (Å²) in [7, 11) is 3.82. The number of thioether (sulfide) groups is 1. The number of Topliss-reactive ketones (excluding diaryl/α,β-unsaturated/α-hetero) is 1. The quantitative estimate of drug-likeness (QED) is 0.435. The summed E-state index contributed by atoms with van der Waals surface area (Å²) < 4.78 is 0. The summed E-state index contributed by atoms with van der Waals surface area (Å²) in [6.07, 6.45) is 1.85.